The van der Waals surface area contributed by atoms with Crippen LogP contribution in [0, 0.1) is 0 Å². The SMILES string of the molecule is O=C(O)CCCC(=O)Nc1ccccc1C(=O)Nc1ccccc1C(=O)O. The minimum absolute atomic E-state index is 0.00407. The van der Waals surface area contributed by atoms with Gasteiger partial charge >= 0.3 is 11.9 Å². The predicted molar refractivity (Wildman–Crippen MR) is 97.9 cm³/mol. The number of carboxylic acid groups (broad SMARTS) is 2. The molecule has 2 aromatic rings. The van der Waals surface area contributed by atoms with Crippen molar-refractivity contribution in [3.05, 3.63) is 59.7 Å². The first-order valence-corrected chi connectivity index (χ1v) is 8.13. The molecule has 0 bridgehead atoms. The van der Waals surface area contributed by atoms with E-state index in [1.807, 2.05) is 0 Å². The van der Waals surface area contributed by atoms with Crippen LogP contribution in [0.15, 0.2) is 48.5 Å². The molecular weight excluding hydrogens is 352 g/mol. The third kappa shape index (κ3) is 5.67. The minimum atomic E-state index is -1.18. The van der Waals surface area contributed by atoms with Crippen LogP contribution in [0.2, 0.25) is 0 Å². The molecule has 4 N–H and O–H groups in total. The smallest absolute Gasteiger partial charge is 0.337 e. The molecule has 0 spiro atoms. The Kier molecular flexibility index (Phi) is 6.65. The first-order valence-electron chi connectivity index (χ1n) is 8.13. The van der Waals surface area contributed by atoms with Crippen molar-refractivity contribution in [3.63, 3.8) is 0 Å². The van der Waals surface area contributed by atoms with Crippen molar-refractivity contribution in [1.82, 2.24) is 0 Å². The van der Waals surface area contributed by atoms with Crippen LogP contribution in [0.4, 0.5) is 11.4 Å². The molecule has 8 heteroatoms. The number of aliphatic carboxylic acids is 1. The molecule has 2 aromatic carbocycles. The van der Waals surface area contributed by atoms with Crippen molar-refractivity contribution in [2.24, 2.45) is 0 Å². The molecule has 0 fully saturated rings. The van der Waals surface area contributed by atoms with Gasteiger partial charge in [-0.15, -0.1) is 0 Å². The highest BCUT2D eigenvalue weighted by atomic mass is 16.4. The summed E-state index contributed by atoms with van der Waals surface area (Å²) in [5.74, 6) is -3.15. The van der Waals surface area contributed by atoms with E-state index in [2.05, 4.69) is 10.6 Å². The number of aromatic carboxylic acids is 1. The van der Waals surface area contributed by atoms with Gasteiger partial charge in [-0.25, -0.2) is 4.79 Å². The van der Waals surface area contributed by atoms with Crippen LogP contribution in [-0.2, 0) is 9.59 Å². The van der Waals surface area contributed by atoms with Crippen molar-refractivity contribution in [3.8, 4) is 0 Å². The second-order valence-corrected chi connectivity index (χ2v) is 5.65. The summed E-state index contributed by atoms with van der Waals surface area (Å²) in [6, 6.07) is 12.2. The Morgan fingerprint density at radius 1 is 0.741 bits per heavy atom. The molecule has 0 saturated carbocycles. The number of hydrogen-bond donors (Lipinski definition) is 4. The van der Waals surface area contributed by atoms with Gasteiger partial charge < -0.3 is 20.8 Å². The lowest BCUT2D eigenvalue weighted by Gasteiger charge is -2.12. The molecule has 0 unspecified atom stereocenters. The largest absolute Gasteiger partial charge is 0.481 e. The summed E-state index contributed by atoms with van der Waals surface area (Å²) in [6.45, 7) is 0. The van der Waals surface area contributed by atoms with Crippen molar-refractivity contribution in [1.29, 1.82) is 0 Å². The van der Waals surface area contributed by atoms with Gasteiger partial charge in [0.1, 0.15) is 0 Å². The van der Waals surface area contributed by atoms with Gasteiger partial charge in [-0.05, 0) is 30.7 Å². The van der Waals surface area contributed by atoms with E-state index in [0.29, 0.717) is 0 Å². The summed E-state index contributed by atoms with van der Waals surface area (Å²) in [6.07, 6.45) is 0.0626. The lowest BCUT2D eigenvalue weighted by Crippen LogP contribution is -2.19. The Morgan fingerprint density at radius 2 is 1.30 bits per heavy atom. The van der Waals surface area contributed by atoms with E-state index < -0.39 is 23.8 Å². The molecule has 2 rings (SSSR count). The maximum atomic E-state index is 12.6. The first-order chi connectivity index (χ1) is 12.9. The Morgan fingerprint density at radius 3 is 1.89 bits per heavy atom. The van der Waals surface area contributed by atoms with Crippen LogP contribution in [0.5, 0.6) is 0 Å². The maximum Gasteiger partial charge on any atom is 0.337 e. The summed E-state index contributed by atoms with van der Waals surface area (Å²) in [7, 11) is 0. The van der Waals surface area contributed by atoms with Crippen LogP contribution in [0.3, 0.4) is 0 Å². The van der Waals surface area contributed by atoms with Gasteiger partial charge in [0.2, 0.25) is 5.91 Å². The molecule has 8 nitrogen and oxygen atoms in total. The Balaban J connectivity index is 2.13. The number of para-hydroxylation sites is 2. The Hall–Kier alpha value is -3.68. The van der Waals surface area contributed by atoms with Gasteiger partial charge in [-0.3, -0.25) is 14.4 Å². The number of hydrogen-bond acceptors (Lipinski definition) is 4. The summed E-state index contributed by atoms with van der Waals surface area (Å²) >= 11 is 0. The second kappa shape index (κ2) is 9.14. The number of nitrogens with one attached hydrogen (secondary N) is 2. The van der Waals surface area contributed by atoms with Gasteiger partial charge in [-0.1, -0.05) is 24.3 Å². The van der Waals surface area contributed by atoms with E-state index in [1.54, 1.807) is 24.3 Å². The Bertz CT molecular complexity index is 878. The van der Waals surface area contributed by atoms with Crippen molar-refractivity contribution in [2.75, 3.05) is 10.6 Å². The number of anilines is 2. The van der Waals surface area contributed by atoms with Crippen LogP contribution in [0.1, 0.15) is 40.0 Å². The number of carboxylic acids is 2. The van der Waals surface area contributed by atoms with Crippen LogP contribution in [-0.4, -0.2) is 34.0 Å². The summed E-state index contributed by atoms with van der Waals surface area (Å²) in [4.78, 5) is 46.3. The van der Waals surface area contributed by atoms with Gasteiger partial charge in [0.05, 0.1) is 22.5 Å². The first kappa shape index (κ1) is 19.6. The number of amides is 2. The molecule has 27 heavy (non-hydrogen) atoms. The molecule has 0 aromatic heterocycles. The zero-order valence-corrected chi connectivity index (χ0v) is 14.3. The molecule has 2 amide bonds. The van der Waals surface area contributed by atoms with E-state index in [-0.39, 0.29) is 41.8 Å². The standard InChI is InChI=1S/C19H18N2O6/c22-16(10-5-11-17(23)24)20-14-8-3-1-6-12(14)18(25)21-15-9-4-2-7-13(15)19(26)27/h1-4,6-9H,5,10-11H2,(H,20,22)(H,21,25)(H,23,24)(H,26,27). The Labute approximate surface area is 154 Å². The topological polar surface area (TPSA) is 133 Å². The third-order valence-electron chi connectivity index (χ3n) is 3.65. The summed E-state index contributed by atoms with van der Waals surface area (Å²) in [5, 5.41) is 22.9. The number of carbonyl (C=O) groups is 4. The van der Waals surface area contributed by atoms with Gasteiger partial charge in [-0.2, -0.15) is 0 Å². The van der Waals surface area contributed by atoms with E-state index in [1.165, 1.54) is 24.3 Å². The normalized spacial score (nSPS) is 10.1. The monoisotopic (exact) mass is 370 g/mol. The van der Waals surface area contributed by atoms with E-state index >= 15 is 0 Å². The highest BCUT2D eigenvalue weighted by Crippen LogP contribution is 2.20. The zero-order chi connectivity index (χ0) is 19.8. The fraction of sp³-hybridized carbons (Fsp3) is 0.158. The summed E-state index contributed by atoms with van der Waals surface area (Å²) in [5.41, 5.74) is 0.492. The maximum absolute atomic E-state index is 12.6. The van der Waals surface area contributed by atoms with Crippen molar-refractivity contribution < 1.29 is 29.4 Å². The minimum Gasteiger partial charge on any atom is -0.481 e. The van der Waals surface area contributed by atoms with Gasteiger partial charge in [0.25, 0.3) is 5.91 Å². The summed E-state index contributed by atoms with van der Waals surface area (Å²) < 4.78 is 0. The number of benzene rings is 2. The highest BCUT2D eigenvalue weighted by Gasteiger charge is 2.16. The zero-order valence-electron chi connectivity index (χ0n) is 14.3. The van der Waals surface area contributed by atoms with Gasteiger partial charge in [0.15, 0.2) is 0 Å². The second-order valence-electron chi connectivity index (χ2n) is 5.65. The van der Waals surface area contributed by atoms with Gasteiger partial charge in [0, 0.05) is 12.8 Å². The van der Waals surface area contributed by atoms with E-state index in [9.17, 15) is 24.3 Å². The fourth-order valence-corrected chi connectivity index (χ4v) is 2.37. The molecule has 0 aliphatic rings. The average molecular weight is 370 g/mol. The fourth-order valence-electron chi connectivity index (χ4n) is 2.37. The molecule has 0 saturated heterocycles. The van der Waals surface area contributed by atoms with Crippen LogP contribution >= 0.6 is 0 Å². The molecular formula is C19H18N2O6. The van der Waals surface area contributed by atoms with E-state index in [4.69, 9.17) is 5.11 Å². The molecule has 0 heterocycles. The number of carbonyl (C=O) groups excluding carboxylic acids is 2. The lowest BCUT2D eigenvalue weighted by atomic mass is 10.1. The average Bonchev–Trinajstić information content (AvgIpc) is 2.62. The van der Waals surface area contributed by atoms with Crippen molar-refractivity contribution >= 4 is 35.1 Å². The van der Waals surface area contributed by atoms with E-state index in [0.717, 1.165) is 0 Å². The molecule has 0 atom stereocenters. The molecule has 0 radical (unpaired) electrons. The molecule has 0 aliphatic heterocycles. The highest BCUT2D eigenvalue weighted by molar-refractivity contribution is 6.12. The number of rotatable bonds is 8. The quantitative estimate of drug-likeness (QED) is 0.565. The van der Waals surface area contributed by atoms with Crippen molar-refractivity contribution in [2.45, 2.75) is 19.3 Å². The molecule has 140 valence electrons. The van der Waals surface area contributed by atoms with Crippen LogP contribution in [0.25, 0.3) is 0 Å². The lowest BCUT2D eigenvalue weighted by molar-refractivity contribution is -0.137. The molecule has 0 aliphatic carbocycles. The predicted octanol–water partition coefficient (Wildman–Crippen LogP) is 2.83. The third-order valence-corrected chi connectivity index (χ3v) is 3.65. The van der Waals surface area contributed by atoms with Crippen LogP contribution < -0.4 is 10.6 Å².